The molecule has 0 aromatic heterocycles. The number of benzene rings is 3. The first-order chi connectivity index (χ1) is 14.9. The van der Waals surface area contributed by atoms with Crippen LogP contribution < -0.4 is 4.74 Å². The van der Waals surface area contributed by atoms with Crippen LogP contribution in [0.25, 0.3) is 0 Å². The van der Waals surface area contributed by atoms with E-state index in [0.717, 1.165) is 11.1 Å². The Balaban J connectivity index is 1.84. The van der Waals surface area contributed by atoms with E-state index in [2.05, 4.69) is 0 Å². The largest absolute Gasteiger partial charge is 0.497 e. The van der Waals surface area contributed by atoms with Gasteiger partial charge in [0.1, 0.15) is 5.75 Å². The molecule has 3 aromatic rings. The molecule has 0 radical (unpaired) electrons. The maximum absolute atomic E-state index is 13.4. The molecule has 0 bridgehead atoms. The molecule has 1 amide bonds. The predicted molar refractivity (Wildman–Crippen MR) is 120 cm³/mol. The molecule has 0 aliphatic rings. The van der Waals surface area contributed by atoms with Gasteiger partial charge in [0, 0.05) is 20.1 Å². The van der Waals surface area contributed by atoms with Gasteiger partial charge in [0.05, 0.1) is 18.6 Å². The lowest BCUT2D eigenvalue weighted by molar-refractivity contribution is -0.130. The highest BCUT2D eigenvalue weighted by Gasteiger charge is 2.28. The van der Waals surface area contributed by atoms with Crippen LogP contribution in [0.5, 0.6) is 5.75 Å². The first-order valence-corrected chi connectivity index (χ1v) is 11.3. The van der Waals surface area contributed by atoms with Gasteiger partial charge in [-0.3, -0.25) is 4.79 Å². The molecule has 162 valence electrons. The van der Waals surface area contributed by atoms with Crippen LogP contribution in [-0.4, -0.2) is 44.2 Å². The molecule has 0 aliphatic carbocycles. The van der Waals surface area contributed by atoms with Crippen LogP contribution in [-0.2, 0) is 27.9 Å². The van der Waals surface area contributed by atoms with Crippen molar-refractivity contribution in [3.63, 3.8) is 0 Å². The first-order valence-electron chi connectivity index (χ1n) is 9.86. The Morgan fingerprint density at radius 2 is 1.32 bits per heavy atom. The minimum absolute atomic E-state index is 0.0973. The molecule has 0 spiro atoms. The summed E-state index contributed by atoms with van der Waals surface area (Å²) in [7, 11) is -0.698. The number of rotatable bonds is 9. The van der Waals surface area contributed by atoms with Gasteiger partial charge in [0.2, 0.25) is 15.9 Å². The molecule has 0 fully saturated rings. The number of methoxy groups -OCH3 is 1. The summed E-state index contributed by atoms with van der Waals surface area (Å²) in [6.07, 6.45) is 0. The first kappa shape index (κ1) is 22.5. The maximum Gasteiger partial charge on any atom is 0.243 e. The minimum Gasteiger partial charge on any atom is -0.497 e. The van der Waals surface area contributed by atoms with Gasteiger partial charge in [-0.25, -0.2) is 8.42 Å². The topological polar surface area (TPSA) is 66.9 Å². The number of hydrogen-bond donors (Lipinski definition) is 0. The lowest BCUT2D eigenvalue weighted by atomic mass is 10.2. The van der Waals surface area contributed by atoms with Crippen LogP contribution in [0, 0.1) is 0 Å². The van der Waals surface area contributed by atoms with E-state index in [4.69, 9.17) is 4.74 Å². The van der Waals surface area contributed by atoms with Crippen LogP contribution in [0.3, 0.4) is 0 Å². The van der Waals surface area contributed by atoms with Crippen LogP contribution in [0.1, 0.15) is 11.1 Å². The van der Waals surface area contributed by atoms with E-state index in [1.54, 1.807) is 19.2 Å². The Morgan fingerprint density at radius 1 is 0.806 bits per heavy atom. The van der Waals surface area contributed by atoms with Crippen LogP contribution >= 0.6 is 0 Å². The van der Waals surface area contributed by atoms with Crippen molar-refractivity contribution in [3.05, 3.63) is 96.1 Å². The summed E-state index contributed by atoms with van der Waals surface area (Å²) in [5, 5.41) is 0. The molecular weight excluding hydrogens is 412 g/mol. The van der Waals surface area contributed by atoms with E-state index in [9.17, 15) is 13.2 Å². The number of hydrogen-bond acceptors (Lipinski definition) is 4. The summed E-state index contributed by atoms with van der Waals surface area (Å²) in [6, 6.07) is 25.0. The molecule has 7 heteroatoms. The zero-order valence-corrected chi connectivity index (χ0v) is 18.5. The fourth-order valence-corrected chi connectivity index (χ4v) is 4.50. The van der Waals surface area contributed by atoms with Gasteiger partial charge in [0.15, 0.2) is 0 Å². The molecule has 0 heterocycles. The quantitative estimate of drug-likeness (QED) is 0.513. The van der Waals surface area contributed by atoms with Crippen molar-refractivity contribution >= 4 is 15.9 Å². The molecule has 0 saturated carbocycles. The number of carbonyl (C=O) groups is 1. The lowest BCUT2D eigenvalue weighted by Crippen LogP contribution is -2.40. The molecule has 0 saturated heterocycles. The molecule has 3 aromatic carbocycles. The number of ether oxygens (including phenoxy) is 1. The summed E-state index contributed by atoms with van der Waals surface area (Å²) in [4.78, 5) is 14.6. The van der Waals surface area contributed by atoms with Gasteiger partial charge in [-0.15, -0.1) is 0 Å². The lowest BCUT2D eigenvalue weighted by Gasteiger charge is -2.25. The number of carbonyl (C=O) groups excluding carboxylic acids is 1. The molecule has 0 unspecified atom stereocenters. The SMILES string of the molecule is COc1ccc(S(=O)(=O)N(CC(=O)N(C)Cc2ccccc2)Cc2ccccc2)cc1. The van der Waals surface area contributed by atoms with Crippen molar-refractivity contribution in [1.29, 1.82) is 0 Å². The number of nitrogens with zero attached hydrogens (tertiary/aromatic N) is 2. The van der Waals surface area contributed by atoms with E-state index in [-0.39, 0.29) is 23.9 Å². The normalized spacial score (nSPS) is 11.3. The van der Waals surface area contributed by atoms with Gasteiger partial charge in [-0.05, 0) is 35.4 Å². The Morgan fingerprint density at radius 3 is 1.84 bits per heavy atom. The second kappa shape index (κ2) is 10.2. The average Bonchev–Trinajstić information content (AvgIpc) is 2.80. The maximum atomic E-state index is 13.4. The molecule has 0 atom stereocenters. The molecule has 6 nitrogen and oxygen atoms in total. The van der Waals surface area contributed by atoms with Crippen LogP contribution in [0.15, 0.2) is 89.8 Å². The standard InChI is InChI=1S/C24H26N2O4S/c1-25(17-20-9-5-3-6-10-20)24(27)19-26(18-21-11-7-4-8-12-21)31(28,29)23-15-13-22(30-2)14-16-23/h3-16H,17-19H2,1-2H3. The Labute approximate surface area is 183 Å². The van der Waals surface area contributed by atoms with E-state index in [1.807, 2.05) is 60.7 Å². The summed E-state index contributed by atoms with van der Waals surface area (Å²) in [5.41, 5.74) is 1.78. The molecular formula is C24H26N2O4S. The third-order valence-electron chi connectivity index (χ3n) is 4.90. The van der Waals surface area contributed by atoms with Crippen molar-refractivity contribution < 1.29 is 17.9 Å². The third-order valence-corrected chi connectivity index (χ3v) is 6.70. The van der Waals surface area contributed by atoms with Crippen LogP contribution in [0.2, 0.25) is 0 Å². The summed E-state index contributed by atoms with van der Waals surface area (Å²) in [5.74, 6) is 0.282. The van der Waals surface area contributed by atoms with Crippen molar-refractivity contribution in [2.75, 3.05) is 20.7 Å². The fourth-order valence-electron chi connectivity index (χ4n) is 3.13. The monoisotopic (exact) mass is 438 g/mol. The van der Waals surface area contributed by atoms with Gasteiger partial charge in [-0.1, -0.05) is 60.7 Å². The number of amides is 1. The highest BCUT2D eigenvalue weighted by atomic mass is 32.2. The molecule has 0 aliphatic heterocycles. The highest BCUT2D eigenvalue weighted by molar-refractivity contribution is 7.89. The second-order valence-corrected chi connectivity index (χ2v) is 9.11. The van der Waals surface area contributed by atoms with Crippen molar-refractivity contribution in [3.8, 4) is 5.75 Å². The van der Waals surface area contributed by atoms with E-state index in [1.165, 1.54) is 28.4 Å². The molecule has 3 rings (SSSR count). The van der Waals surface area contributed by atoms with E-state index in [0.29, 0.717) is 12.3 Å². The summed E-state index contributed by atoms with van der Waals surface area (Å²) < 4.78 is 33.1. The smallest absolute Gasteiger partial charge is 0.243 e. The fraction of sp³-hybridized carbons (Fsp3) is 0.208. The Bertz CT molecular complexity index is 1090. The molecule has 31 heavy (non-hydrogen) atoms. The highest BCUT2D eigenvalue weighted by Crippen LogP contribution is 2.21. The van der Waals surface area contributed by atoms with Gasteiger partial charge >= 0.3 is 0 Å². The predicted octanol–water partition coefficient (Wildman–Crippen LogP) is 3.54. The van der Waals surface area contributed by atoms with Crippen molar-refractivity contribution in [2.24, 2.45) is 0 Å². The molecule has 0 N–H and O–H groups in total. The number of likely N-dealkylation sites (N-methyl/N-ethyl adjacent to an activating group) is 1. The van der Waals surface area contributed by atoms with E-state index < -0.39 is 10.0 Å². The number of sulfonamides is 1. The third kappa shape index (κ3) is 5.93. The Hall–Kier alpha value is -3.16. The average molecular weight is 439 g/mol. The van der Waals surface area contributed by atoms with E-state index >= 15 is 0 Å². The van der Waals surface area contributed by atoms with Gasteiger partial charge < -0.3 is 9.64 Å². The van der Waals surface area contributed by atoms with Crippen molar-refractivity contribution in [1.82, 2.24) is 9.21 Å². The van der Waals surface area contributed by atoms with Crippen molar-refractivity contribution in [2.45, 2.75) is 18.0 Å². The zero-order chi connectivity index (χ0) is 22.3. The van der Waals surface area contributed by atoms with Crippen LogP contribution in [0.4, 0.5) is 0 Å². The van der Waals surface area contributed by atoms with Gasteiger partial charge in [-0.2, -0.15) is 4.31 Å². The summed E-state index contributed by atoms with van der Waals surface area (Å²) >= 11 is 0. The summed E-state index contributed by atoms with van der Waals surface area (Å²) in [6.45, 7) is 0.244. The Kier molecular flexibility index (Phi) is 7.44. The minimum atomic E-state index is -3.90. The zero-order valence-electron chi connectivity index (χ0n) is 17.6. The van der Waals surface area contributed by atoms with Gasteiger partial charge in [0.25, 0.3) is 0 Å². The second-order valence-electron chi connectivity index (χ2n) is 7.17.